The van der Waals surface area contributed by atoms with E-state index >= 15 is 0 Å². The van der Waals surface area contributed by atoms with Crippen molar-refractivity contribution in [1.29, 1.82) is 0 Å². The molecule has 4 aromatic rings. The van der Waals surface area contributed by atoms with Gasteiger partial charge < -0.3 is 15.0 Å². The van der Waals surface area contributed by atoms with Gasteiger partial charge in [-0.05, 0) is 97.0 Å². The molecule has 5 nitrogen and oxygen atoms in total. The molecule has 2 N–H and O–H groups in total. The first-order chi connectivity index (χ1) is 21.2. The van der Waals surface area contributed by atoms with Gasteiger partial charge in [-0.15, -0.1) is 0 Å². The molecule has 5 heteroatoms. The minimum Gasteiger partial charge on any atom is -0.466 e. The van der Waals surface area contributed by atoms with Crippen molar-refractivity contribution in [2.24, 2.45) is 11.8 Å². The first kappa shape index (κ1) is 32.8. The second kappa shape index (κ2) is 15.6. The van der Waals surface area contributed by atoms with Crippen LogP contribution in [-0.2, 0) is 35.2 Å². The van der Waals surface area contributed by atoms with Crippen LogP contribution in [0.2, 0.25) is 0 Å². The van der Waals surface area contributed by atoms with Crippen molar-refractivity contribution >= 4 is 17.4 Å². The molecule has 0 saturated heterocycles. The van der Waals surface area contributed by atoms with Crippen LogP contribution in [-0.4, -0.2) is 23.3 Å². The maximum atomic E-state index is 13.5. The molecule has 0 aliphatic heterocycles. The number of carbonyl (C=O) groups excluding carboxylic acids is 2. The molecule has 0 unspecified atom stereocenters. The number of esters is 1. The number of aryl methyl sites for hydroxylation is 2. The Morgan fingerprint density at radius 1 is 0.773 bits per heavy atom. The molecule has 0 fully saturated rings. The number of rotatable bonds is 15. The number of ketones is 1. The number of anilines is 1. The number of benzene rings is 3. The van der Waals surface area contributed by atoms with E-state index in [9.17, 15) is 9.59 Å². The van der Waals surface area contributed by atoms with Crippen LogP contribution < -0.4 is 5.32 Å². The third-order valence-corrected chi connectivity index (χ3v) is 7.83. The molecule has 0 atom stereocenters. The van der Waals surface area contributed by atoms with Gasteiger partial charge in [0.05, 0.1) is 19.1 Å². The Bertz CT molecular complexity index is 1440. The summed E-state index contributed by atoms with van der Waals surface area (Å²) in [6.45, 7) is 13.2. The van der Waals surface area contributed by atoms with Crippen molar-refractivity contribution in [3.63, 3.8) is 0 Å². The van der Waals surface area contributed by atoms with E-state index in [-0.39, 0.29) is 24.2 Å². The Kier molecular flexibility index (Phi) is 11.6. The molecule has 1 aromatic heterocycles. The van der Waals surface area contributed by atoms with Crippen LogP contribution in [0.4, 0.5) is 5.69 Å². The summed E-state index contributed by atoms with van der Waals surface area (Å²) >= 11 is 0. The summed E-state index contributed by atoms with van der Waals surface area (Å²) in [6, 6.07) is 27.5. The summed E-state index contributed by atoms with van der Waals surface area (Å²) in [4.78, 5) is 28.7. The summed E-state index contributed by atoms with van der Waals surface area (Å²) in [5, 5.41) is 3.74. The fourth-order valence-corrected chi connectivity index (χ4v) is 5.68. The average molecular weight is 593 g/mol. The molecule has 0 aliphatic rings. The van der Waals surface area contributed by atoms with Gasteiger partial charge in [-0.3, -0.25) is 9.59 Å². The Balaban J connectivity index is 1.54. The quantitative estimate of drug-likeness (QED) is 0.107. The van der Waals surface area contributed by atoms with Gasteiger partial charge in [-0.1, -0.05) is 83.1 Å². The van der Waals surface area contributed by atoms with Gasteiger partial charge in [0.15, 0.2) is 5.78 Å². The lowest BCUT2D eigenvalue weighted by Gasteiger charge is -2.22. The second-order valence-electron chi connectivity index (χ2n) is 12.5. The number of ether oxygens (including phenoxy) is 1. The van der Waals surface area contributed by atoms with E-state index < -0.39 is 0 Å². The van der Waals surface area contributed by atoms with Crippen molar-refractivity contribution in [2.45, 2.75) is 79.7 Å². The molecule has 0 bridgehead atoms. The van der Waals surface area contributed by atoms with Gasteiger partial charge >= 0.3 is 5.97 Å². The molecule has 0 spiro atoms. The smallest absolute Gasteiger partial charge is 0.306 e. The topological polar surface area (TPSA) is 71.2 Å². The lowest BCUT2D eigenvalue weighted by molar-refractivity contribution is -0.143. The predicted octanol–water partition coefficient (Wildman–Crippen LogP) is 8.90. The zero-order valence-electron chi connectivity index (χ0n) is 27.2. The van der Waals surface area contributed by atoms with Gasteiger partial charge in [-0.25, -0.2) is 0 Å². The maximum absolute atomic E-state index is 13.5. The summed E-state index contributed by atoms with van der Waals surface area (Å²) in [7, 11) is 0. The van der Waals surface area contributed by atoms with Gasteiger partial charge in [0.1, 0.15) is 0 Å². The van der Waals surface area contributed by atoms with Crippen molar-refractivity contribution in [3.05, 3.63) is 124 Å². The minimum atomic E-state index is -0.229. The van der Waals surface area contributed by atoms with Crippen LogP contribution in [0.15, 0.2) is 78.9 Å². The van der Waals surface area contributed by atoms with Crippen LogP contribution in [0.25, 0.3) is 0 Å². The molecule has 0 radical (unpaired) electrons. The highest BCUT2D eigenvalue weighted by Gasteiger charge is 2.19. The zero-order valence-corrected chi connectivity index (χ0v) is 27.2. The van der Waals surface area contributed by atoms with Crippen molar-refractivity contribution < 1.29 is 14.3 Å². The van der Waals surface area contributed by atoms with Crippen LogP contribution in [0.5, 0.6) is 0 Å². The molecular formula is C39H48N2O3. The summed E-state index contributed by atoms with van der Waals surface area (Å²) in [5.74, 6) is 0.971. The van der Waals surface area contributed by atoms with E-state index in [1.165, 1.54) is 22.3 Å². The fraction of sp³-hybridized carbons (Fsp3) is 0.385. The number of aromatic nitrogens is 1. The van der Waals surface area contributed by atoms with Gasteiger partial charge in [-0.2, -0.15) is 0 Å². The Labute approximate surface area is 263 Å². The highest BCUT2D eigenvalue weighted by Crippen LogP contribution is 2.29. The van der Waals surface area contributed by atoms with E-state index in [0.717, 1.165) is 29.9 Å². The molecule has 4 rings (SSSR count). The molecule has 1 heterocycles. The molecule has 0 aliphatic carbocycles. The Morgan fingerprint density at radius 2 is 1.32 bits per heavy atom. The standard InChI is InChI=1S/C39H48N2O3/c1-7-36-35(25-34(40-36)21-22-37(42)44-8-2)39(43)32-17-19-33(20-18-32)41-38(30-13-9-28(10-14-30)23-26(3)4)31-15-11-29(12-16-31)24-27(5)6/h9-20,25-27,38,40-41H,7-8,21-24H2,1-6H3. The van der Waals surface area contributed by atoms with Crippen LogP contribution in [0.1, 0.15) is 104 Å². The summed E-state index contributed by atoms with van der Waals surface area (Å²) in [6.07, 6.45) is 3.62. The monoisotopic (exact) mass is 592 g/mol. The molecular weight excluding hydrogens is 544 g/mol. The average Bonchev–Trinajstić information content (AvgIpc) is 3.43. The first-order valence-electron chi connectivity index (χ1n) is 16.1. The number of aromatic amines is 1. The molecule has 44 heavy (non-hydrogen) atoms. The summed E-state index contributed by atoms with van der Waals surface area (Å²) < 4.78 is 5.05. The van der Waals surface area contributed by atoms with Gasteiger partial charge in [0.25, 0.3) is 0 Å². The fourth-order valence-electron chi connectivity index (χ4n) is 5.68. The second-order valence-corrected chi connectivity index (χ2v) is 12.5. The van der Waals surface area contributed by atoms with Crippen LogP contribution in [0.3, 0.4) is 0 Å². The minimum absolute atomic E-state index is 0.0231. The Hall–Kier alpha value is -4.12. The van der Waals surface area contributed by atoms with E-state index in [1.54, 1.807) is 6.92 Å². The summed E-state index contributed by atoms with van der Waals surface area (Å²) in [5.41, 5.74) is 9.09. The van der Waals surface area contributed by atoms with Gasteiger partial charge in [0.2, 0.25) is 0 Å². The first-order valence-corrected chi connectivity index (χ1v) is 16.1. The van der Waals surface area contributed by atoms with Gasteiger partial charge in [0, 0.05) is 28.2 Å². The maximum Gasteiger partial charge on any atom is 0.306 e. The third-order valence-electron chi connectivity index (χ3n) is 7.83. The highest BCUT2D eigenvalue weighted by molar-refractivity contribution is 6.10. The van der Waals surface area contributed by atoms with E-state index in [2.05, 4.69) is 86.5 Å². The number of hydrogen-bond donors (Lipinski definition) is 2. The largest absolute Gasteiger partial charge is 0.466 e. The number of carbonyl (C=O) groups is 2. The SMILES string of the molecule is CCOC(=O)CCc1cc(C(=O)c2ccc(NC(c3ccc(CC(C)C)cc3)c3ccc(CC(C)C)cc3)cc2)c(CC)[nH]1. The van der Waals surface area contributed by atoms with Crippen molar-refractivity contribution in [1.82, 2.24) is 4.98 Å². The third kappa shape index (κ3) is 8.95. The van der Waals surface area contributed by atoms with Crippen molar-refractivity contribution in [3.8, 4) is 0 Å². The lowest BCUT2D eigenvalue weighted by atomic mass is 9.93. The Morgan fingerprint density at radius 3 is 1.80 bits per heavy atom. The number of H-pyrrole nitrogens is 1. The molecule has 0 saturated carbocycles. The van der Waals surface area contributed by atoms with E-state index in [0.29, 0.717) is 42.4 Å². The molecule has 0 amide bonds. The normalized spacial score (nSPS) is 11.4. The number of hydrogen-bond acceptors (Lipinski definition) is 4. The molecule has 3 aromatic carbocycles. The van der Waals surface area contributed by atoms with Crippen LogP contribution in [0, 0.1) is 11.8 Å². The lowest BCUT2D eigenvalue weighted by Crippen LogP contribution is -2.13. The van der Waals surface area contributed by atoms with E-state index in [4.69, 9.17) is 4.74 Å². The number of nitrogens with one attached hydrogen (secondary N) is 2. The van der Waals surface area contributed by atoms with E-state index in [1.807, 2.05) is 37.3 Å². The van der Waals surface area contributed by atoms with Crippen molar-refractivity contribution in [2.75, 3.05) is 11.9 Å². The predicted molar refractivity (Wildman–Crippen MR) is 180 cm³/mol. The molecule has 232 valence electrons. The highest BCUT2D eigenvalue weighted by atomic mass is 16.5. The van der Waals surface area contributed by atoms with Crippen LogP contribution >= 0.6 is 0 Å². The zero-order chi connectivity index (χ0) is 31.6.